The minimum absolute atomic E-state index is 0. The Labute approximate surface area is 85.6 Å². The summed E-state index contributed by atoms with van der Waals surface area (Å²) in [7, 11) is 0. The van der Waals surface area contributed by atoms with Crippen LogP contribution in [0, 0.1) is 0 Å². The van der Waals surface area contributed by atoms with Gasteiger partial charge in [0.25, 0.3) is 0 Å². The Hall–Kier alpha value is -1.28. The summed E-state index contributed by atoms with van der Waals surface area (Å²) in [5.74, 6) is -0.814. The average molecular weight is 223 g/mol. The number of carboxylic acids is 1. The van der Waals surface area contributed by atoms with Gasteiger partial charge in [-0.1, -0.05) is 12.1 Å². The molecule has 0 fully saturated rings. The normalized spacial score (nSPS) is 9.54. The SMILES string of the molecule is O=C(O)/C=C/c1ccc(O)cc1.[Ni]. The van der Waals surface area contributed by atoms with Crippen molar-refractivity contribution in [3.8, 4) is 5.75 Å². The fraction of sp³-hybridized carbons (Fsp3) is 0. The predicted octanol–water partition coefficient (Wildman–Crippen LogP) is 1.49. The summed E-state index contributed by atoms with van der Waals surface area (Å²) in [5.41, 5.74) is 0.746. The first-order valence-electron chi connectivity index (χ1n) is 3.38. The van der Waals surface area contributed by atoms with Crippen LogP contribution >= 0.6 is 0 Å². The first kappa shape index (κ1) is 11.7. The van der Waals surface area contributed by atoms with Gasteiger partial charge in [-0.25, -0.2) is 4.79 Å². The van der Waals surface area contributed by atoms with E-state index in [4.69, 9.17) is 10.2 Å². The molecule has 1 rings (SSSR count). The number of rotatable bonds is 2. The topological polar surface area (TPSA) is 57.5 Å². The Bertz CT molecular complexity index is 303. The Morgan fingerprint density at radius 3 is 2.23 bits per heavy atom. The third-order valence-electron chi connectivity index (χ3n) is 1.31. The number of phenols is 1. The van der Waals surface area contributed by atoms with Gasteiger partial charge in [-0.05, 0) is 23.8 Å². The zero-order valence-corrected chi connectivity index (χ0v) is 7.57. The maximum atomic E-state index is 10.1. The largest absolute Gasteiger partial charge is 0.508 e. The van der Waals surface area contributed by atoms with Crippen LogP contribution in [0.1, 0.15) is 5.56 Å². The molecule has 3 nitrogen and oxygen atoms in total. The minimum Gasteiger partial charge on any atom is -0.508 e. The number of aromatic hydroxyl groups is 1. The van der Waals surface area contributed by atoms with Crippen molar-refractivity contribution >= 4 is 12.0 Å². The molecule has 0 spiro atoms. The summed E-state index contributed by atoms with van der Waals surface area (Å²) in [5, 5.41) is 17.2. The number of benzene rings is 1. The van der Waals surface area contributed by atoms with Gasteiger partial charge in [0.15, 0.2) is 0 Å². The second-order valence-corrected chi connectivity index (χ2v) is 2.26. The second-order valence-electron chi connectivity index (χ2n) is 2.26. The molecule has 0 aliphatic heterocycles. The van der Waals surface area contributed by atoms with Gasteiger partial charge in [0.1, 0.15) is 5.75 Å². The van der Waals surface area contributed by atoms with Crippen LogP contribution in [0.5, 0.6) is 5.75 Å². The fourth-order valence-electron chi connectivity index (χ4n) is 0.753. The molecular formula is C9H8NiO3. The molecule has 2 N–H and O–H groups in total. The molecule has 0 amide bonds. The summed E-state index contributed by atoms with van der Waals surface area (Å²) < 4.78 is 0. The van der Waals surface area contributed by atoms with Crippen LogP contribution in [0.2, 0.25) is 0 Å². The van der Waals surface area contributed by atoms with Crippen molar-refractivity contribution in [3.63, 3.8) is 0 Å². The van der Waals surface area contributed by atoms with Gasteiger partial charge in [-0.15, -0.1) is 0 Å². The third-order valence-corrected chi connectivity index (χ3v) is 1.31. The van der Waals surface area contributed by atoms with Crippen LogP contribution in [0.3, 0.4) is 0 Å². The second kappa shape index (κ2) is 5.38. The summed E-state index contributed by atoms with van der Waals surface area (Å²) in [4.78, 5) is 10.1. The van der Waals surface area contributed by atoms with Crippen molar-refractivity contribution in [3.05, 3.63) is 35.9 Å². The Kier molecular flexibility index (Phi) is 4.85. The molecule has 0 aromatic heterocycles. The maximum Gasteiger partial charge on any atom is 0.328 e. The van der Waals surface area contributed by atoms with E-state index in [1.54, 1.807) is 12.1 Å². The summed E-state index contributed by atoms with van der Waals surface area (Å²) >= 11 is 0. The van der Waals surface area contributed by atoms with E-state index in [9.17, 15) is 4.79 Å². The van der Waals surface area contributed by atoms with Gasteiger partial charge in [-0.2, -0.15) is 0 Å². The van der Waals surface area contributed by atoms with Gasteiger partial charge in [0.05, 0.1) is 0 Å². The molecule has 0 unspecified atom stereocenters. The summed E-state index contributed by atoms with van der Waals surface area (Å²) in [6, 6.07) is 6.27. The molecule has 13 heavy (non-hydrogen) atoms. The number of aliphatic carboxylic acids is 1. The number of phenolic OH excluding ortho intramolecular Hbond substituents is 1. The first-order valence-corrected chi connectivity index (χ1v) is 3.38. The van der Waals surface area contributed by atoms with Crippen LogP contribution < -0.4 is 0 Å². The van der Waals surface area contributed by atoms with Crippen LogP contribution in [-0.4, -0.2) is 16.2 Å². The first-order chi connectivity index (χ1) is 5.68. The molecule has 0 atom stereocenters. The Balaban J connectivity index is 0.00000144. The quantitative estimate of drug-likeness (QED) is 0.589. The molecule has 0 saturated carbocycles. The van der Waals surface area contributed by atoms with Crippen LogP contribution in [-0.2, 0) is 21.3 Å². The van der Waals surface area contributed by atoms with Gasteiger partial charge in [0.2, 0.25) is 0 Å². The van der Waals surface area contributed by atoms with Gasteiger partial charge in [-0.3, -0.25) is 0 Å². The summed E-state index contributed by atoms with van der Waals surface area (Å²) in [6.45, 7) is 0. The van der Waals surface area contributed by atoms with E-state index in [0.29, 0.717) is 0 Å². The zero-order chi connectivity index (χ0) is 8.97. The molecule has 1 aromatic carbocycles. The van der Waals surface area contributed by atoms with E-state index in [-0.39, 0.29) is 22.2 Å². The monoisotopic (exact) mass is 222 g/mol. The molecule has 0 aliphatic rings. The molecular weight excluding hydrogens is 215 g/mol. The number of hydrogen-bond acceptors (Lipinski definition) is 2. The predicted molar refractivity (Wildman–Crippen MR) is 44.8 cm³/mol. The third kappa shape index (κ3) is 4.33. The van der Waals surface area contributed by atoms with Crippen LogP contribution in [0.25, 0.3) is 6.08 Å². The molecule has 1 aromatic rings. The molecule has 0 bridgehead atoms. The molecule has 72 valence electrons. The van der Waals surface area contributed by atoms with E-state index in [1.807, 2.05) is 0 Å². The standard InChI is InChI=1S/C9H8O3.Ni/c10-8-4-1-7(2-5-8)3-6-9(11)12;/h1-6,10H,(H,11,12);/b6-3+;. The van der Waals surface area contributed by atoms with Crippen molar-refractivity contribution in [2.75, 3.05) is 0 Å². The molecule has 0 saturated heterocycles. The van der Waals surface area contributed by atoms with E-state index in [1.165, 1.54) is 18.2 Å². The fourth-order valence-corrected chi connectivity index (χ4v) is 0.753. The van der Waals surface area contributed by atoms with E-state index < -0.39 is 5.97 Å². The van der Waals surface area contributed by atoms with E-state index >= 15 is 0 Å². The van der Waals surface area contributed by atoms with E-state index in [2.05, 4.69) is 0 Å². The zero-order valence-electron chi connectivity index (χ0n) is 6.58. The number of hydrogen-bond donors (Lipinski definition) is 2. The minimum atomic E-state index is -0.983. The number of carbonyl (C=O) groups is 1. The van der Waals surface area contributed by atoms with E-state index in [0.717, 1.165) is 11.6 Å². The number of carboxylic acid groups (broad SMARTS) is 1. The van der Waals surface area contributed by atoms with Crippen molar-refractivity contribution in [2.45, 2.75) is 0 Å². The van der Waals surface area contributed by atoms with Crippen molar-refractivity contribution in [1.29, 1.82) is 0 Å². The Morgan fingerprint density at radius 1 is 1.23 bits per heavy atom. The molecule has 0 aliphatic carbocycles. The van der Waals surface area contributed by atoms with Crippen molar-refractivity contribution < 1.29 is 31.5 Å². The summed E-state index contributed by atoms with van der Waals surface area (Å²) in [6.07, 6.45) is 2.51. The van der Waals surface area contributed by atoms with Crippen LogP contribution in [0.15, 0.2) is 30.3 Å². The maximum absolute atomic E-state index is 10.1. The van der Waals surface area contributed by atoms with Gasteiger partial charge in [0, 0.05) is 22.6 Å². The average Bonchev–Trinajstić information content (AvgIpc) is 2.03. The van der Waals surface area contributed by atoms with Crippen molar-refractivity contribution in [1.82, 2.24) is 0 Å². The van der Waals surface area contributed by atoms with Gasteiger partial charge >= 0.3 is 5.97 Å². The van der Waals surface area contributed by atoms with Crippen molar-refractivity contribution in [2.24, 2.45) is 0 Å². The molecule has 0 radical (unpaired) electrons. The van der Waals surface area contributed by atoms with Crippen LogP contribution in [0.4, 0.5) is 0 Å². The smallest absolute Gasteiger partial charge is 0.328 e. The molecule has 4 heteroatoms. The Morgan fingerprint density at radius 2 is 1.77 bits per heavy atom. The molecule has 0 heterocycles. The van der Waals surface area contributed by atoms with Gasteiger partial charge < -0.3 is 10.2 Å².